The van der Waals surface area contributed by atoms with Gasteiger partial charge in [-0.05, 0) is 47.5 Å². The number of hydrogen-bond acceptors (Lipinski definition) is 8. The first-order valence-electron chi connectivity index (χ1n) is 15.3. The van der Waals surface area contributed by atoms with Crippen molar-refractivity contribution >= 4 is 21.8 Å². The third kappa shape index (κ3) is 8.89. The van der Waals surface area contributed by atoms with Gasteiger partial charge in [-0.15, -0.1) is 0 Å². The molecule has 3 aromatic carbocycles. The van der Waals surface area contributed by atoms with Gasteiger partial charge in [0.25, 0.3) is 5.91 Å². The van der Waals surface area contributed by atoms with E-state index in [1.165, 1.54) is 45.6 Å². The lowest BCUT2D eigenvalue weighted by Gasteiger charge is -2.32. The highest BCUT2D eigenvalue weighted by Gasteiger charge is 2.32. The highest BCUT2D eigenvalue weighted by atomic mass is 32.2. The molecule has 11 nitrogen and oxygen atoms in total. The van der Waals surface area contributed by atoms with Gasteiger partial charge in [-0.1, -0.05) is 42.5 Å². The summed E-state index contributed by atoms with van der Waals surface area (Å²) in [4.78, 5) is 31.4. The fourth-order valence-electron chi connectivity index (χ4n) is 5.35. The van der Waals surface area contributed by atoms with Gasteiger partial charge in [0, 0.05) is 45.8 Å². The largest absolute Gasteiger partial charge is 0.484 e. The SMILES string of the molecule is O=C(NCCN1CCOCC1)[C@@H](c1ccccc1)N(Cc1ccc(F)cc1)C(=O)COc1ccc(S(=O)(=O)N2CCOCC2)cc1. The normalized spacial score (nSPS) is 16.8. The first-order chi connectivity index (χ1) is 22.3. The average molecular weight is 655 g/mol. The molecule has 246 valence electrons. The van der Waals surface area contributed by atoms with E-state index in [1.54, 1.807) is 36.4 Å². The number of amides is 2. The van der Waals surface area contributed by atoms with Crippen LogP contribution in [0.5, 0.6) is 5.75 Å². The molecule has 0 bridgehead atoms. The predicted octanol–water partition coefficient (Wildman–Crippen LogP) is 2.44. The summed E-state index contributed by atoms with van der Waals surface area (Å²) in [6.45, 7) is 4.73. The smallest absolute Gasteiger partial charge is 0.261 e. The van der Waals surface area contributed by atoms with Gasteiger partial charge >= 0.3 is 0 Å². The van der Waals surface area contributed by atoms with Crippen molar-refractivity contribution in [1.29, 1.82) is 0 Å². The van der Waals surface area contributed by atoms with Gasteiger partial charge < -0.3 is 24.4 Å². The third-order valence-corrected chi connectivity index (χ3v) is 9.80. The first kappa shape index (κ1) is 33.5. The van der Waals surface area contributed by atoms with Crippen molar-refractivity contribution in [2.75, 3.05) is 72.3 Å². The molecule has 0 aliphatic carbocycles. The Hall–Kier alpha value is -3.88. The van der Waals surface area contributed by atoms with Gasteiger partial charge in [-0.2, -0.15) is 4.31 Å². The predicted molar refractivity (Wildman–Crippen MR) is 168 cm³/mol. The summed E-state index contributed by atoms with van der Waals surface area (Å²) in [7, 11) is -3.69. The lowest BCUT2D eigenvalue weighted by molar-refractivity contribution is -0.143. The minimum atomic E-state index is -3.69. The molecule has 3 aromatic rings. The molecule has 2 heterocycles. The van der Waals surface area contributed by atoms with Crippen LogP contribution in [0.2, 0.25) is 0 Å². The average Bonchev–Trinajstić information content (AvgIpc) is 3.09. The first-order valence-corrected chi connectivity index (χ1v) is 16.7. The van der Waals surface area contributed by atoms with Gasteiger partial charge in [0.1, 0.15) is 17.6 Å². The molecule has 46 heavy (non-hydrogen) atoms. The van der Waals surface area contributed by atoms with Crippen molar-refractivity contribution in [2.24, 2.45) is 0 Å². The molecule has 0 spiro atoms. The lowest BCUT2D eigenvalue weighted by Crippen LogP contribution is -2.47. The van der Waals surface area contributed by atoms with Crippen LogP contribution in [-0.2, 0) is 35.6 Å². The second-order valence-corrected chi connectivity index (χ2v) is 12.9. The zero-order valence-corrected chi connectivity index (χ0v) is 26.4. The van der Waals surface area contributed by atoms with E-state index >= 15 is 0 Å². The van der Waals surface area contributed by atoms with Crippen molar-refractivity contribution in [1.82, 2.24) is 19.4 Å². The maximum atomic E-state index is 13.9. The third-order valence-electron chi connectivity index (χ3n) is 7.89. The number of rotatable bonds is 13. The number of carbonyl (C=O) groups excluding carboxylic acids is 2. The quantitative estimate of drug-likeness (QED) is 0.299. The summed E-state index contributed by atoms with van der Waals surface area (Å²) in [5.74, 6) is -0.953. The van der Waals surface area contributed by atoms with Gasteiger partial charge in [0.05, 0.1) is 31.3 Å². The number of ether oxygens (including phenoxy) is 3. The Kier molecular flexibility index (Phi) is 11.7. The molecule has 5 rings (SSSR count). The highest BCUT2D eigenvalue weighted by molar-refractivity contribution is 7.89. The Labute approximate surface area is 268 Å². The molecule has 0 unspecified atom stereocenters. The van der Waals surface area contributed by atoms with E-state index in [0.29, 0.717) is 56.4 Å². The summed E-state index contributed by atoms with van der Waals surface area (Å²) in [5.41, 5.74) is 1.24. The van der Waals surface area contributed by atoms with Gasteiger partial charge in [0.15, 0.2) is 6.61 Å². The van der Waals surface area contributed by atoms with E-state index < -0.39 is 34.4 Å². The molecule has 2 aliphatic heterocycles. The van der Waals surface area contributed by atoms with E-state index in [1.807, 2.05) is 6.07 Å². The van der Waals surface area contributed by atoms with Crippen LogP contribution in [0.3, 0.4) is 0 Å². The van der Waals surface area contributed by atoms with Crippen LogP contribution in [0.4, 0.5) is 4.39 Å². The van der Waals surface area contributed by atoms with E-state index in [4.69, 9.17) is 14.2 Å². The summed E-state index contributed by atoms with van der Waals surface area (Å²) >= 11 is 0. The highest BCUT2D eigenvalue weighted by Crippen LogP contribution is 2.25. The molecule has 1 N–H and O–H groups in total. The van der Waals surface area contributed by atoms with Gasteiger partial charge in [-0.25, -0.2) is 12.8 Å². The number of benzene rings is 3. The second kappa shape index (κ2) is 16.1. The number of carbonyl (C=O) groups is 2. The van der Waals surface area contributed by atoms with Crippen LogP contribution in [0.1, 0.15) is 17.2 Å². The van der Waals surface area contributed by atoms with E-state index in [2.05, 4.69) is 10.2 Å². The van der Waals surface area contributed by atoms with E-state index in [9.17, 15) is 22.4 Å². The lowest BCUT2D eigenvalue weighted by atomic mass is 10.0. The molecule has 0 saturated carbocycles. The number of nitrogens with one attached hydrogen (secondary N) is 1. The zero-order chi connectivity index (χ0) is 32.4. The minimum Gasteiger partial charge on any atom is -0.484 e. The Morgan fingerprint density at radius 2 is 1.50 bits per heavy atom. The topological polar surface area (TPSA) is 118 Å². The molecule has 2 saturated heterocycles. The van der Waals surface area contributed by atoms with Crippen LogP contribution in [0.25, 0.3) is 0 Å². The van der Waals surface area contributed by atoms with Crippen LogP contribution in [0, 0.1) is 5.82 Å². The van der Waals surface area contributed by atoms with Gasteiger partial charge in [0.2, 0.25) is 15.9 Å². The molecule has 2 fully saturated rings. The molecule has 13 heteroatoms. The Morgan fingerprint density at radius 3 is 2.15 bits per heavy atom. The number of sulfonamides is 1. The summed E-state index contributed by atoms with van der Waals surface area (Å²) in [6, 6.07) is 19.6. The Balaban J connectivity index is 1.32. The Morgan fingerprint density at radius 1 is 0.870 bits per heavy atom. The maximum Gasteiger partial charge on any atom is 0.261 e. The molecule has 2 aliphatic rings. The van der Waals surface area contributed by atoms with E-state index in [-0.39, 0.29) is 30.4 Å². The minimum absolute atomic E-state index is 0.0235. The number of nitrogens with zero attached hydrogens (tertiary/aromatic N) is 3. The summed E-state index contributed by atoms with van der Waals surface area (Å²) in [5, 5.41) is 3.00. The molecule has 2 amide bonds. The zero-order valence-electron chi connectivity index (χ0n) is 25.6. The number of halogens is 1. The fraction of sp³-hybridized carbons (Fsp3) is 0.394. The van der Waals surface area contributed by atoms with Crippen molar-refractivity contribution in [2.45, 2.75) is 17.5 Å². The maximum absolute atomic E-state index is 13.9. The van der Waals surface area contributed by atoms with Crippen LogP contribution >= 0.6 is 0 Å². The van der Waals surface area contributed by atoms with Crippen LogP contribution in [-0.4, -0.2) is 107 Å². The molecular weight excluding hydrogens is 615 g/mol. The van der Waals surface area contributed by atoms with Crippen LogP contribution < -0.4 is 10.1 Å². The number of hydrogen-bond donors (Lipinski definition) is 1. The molecule has 0 radical (unpaired) electrons. The van der Waals surface area contributed by atoms with Crippen molar-refractivity contribution in [3.05, 3.63) is 95.8 Å². The monoisotopic (exact) mass is 654 g/mol. The van der Waals surface area contributed by atoms with Gasteiger partial charge in [-0.3, -0.25) is 14.5 Å². The molecule has 0 aromatic heterocycles. The standard InChI is InChI=1S/C33H39FN4O7S/c34-28-8-6-26(7-9-28)24-38(32(27-4-2-1-3-5-27)33(40)35-14-15-36-16-20-43-21-17-36)31(39)25-45-29-10-12-30(13-11-29)46(41,42)37-18-22-44-23-19-37/h1-13,32H,14-25H2,(H,35,40)/t32-/m1/s1. The summed E-state index contributed by atoms with van der Waals surface area (Å²) < 4.78 is 57.5. The summed E-state index contributed by atoms with van der Waals surface area (Å²) in [6.07, 6.45) is 0. The second-order valence-electron chi connectivity index (χ2n) is 11.0. The van der Waals surface area contributed by atoms with Crippen molar-refractivity contribution in [3.8, 4) is 5.75 Å². The van der Waals surface area contributed by atoms with E-state index in [0.717, 1.165) is 13.1 Å². The van der Waals surface area contributed by atoms with Crippen LogP contribution in [0.15, 0.2) is 83.8 Å². The molecular formula is C33H39FN4O7S. The number of morpholine rings is 2. The molecule has 1 atom stereocenters. The fourth-order valence-corrected chi connectivity index (χ4v) is 6.76. The Bertz CT molecular complexity index is 1530. The van der Waals surface area contributed by atoms with Crippen molar-refractivity contribution < 1.29 is 36.6 Å². The van der Waals surface area contributed by atoms with Crippen molar-refractivity contribution in [3.63, 3.8) is 0 Å².